The maximum Gasteiger partial charge on any atom is 0.326 e. The molecule has 0 saturated heterocycles. The minimum absolute atomic E-state index is 0.0590. The molecule has 210 valence electrons. The number of carbonyl (C=O) groups excluding carboxylic acids is 5. The van der Waals surface area contributed by atoms with Crippen LogP contribution in [0.4, 0.5) is 0 Å². The topological polar surface area (TPSA) is 284 Å². The molecule has 0 fully saturated rings. The van der Waals surface area contributed by atoms with Gasteiger partial charge in [-0.2, -0.15) is 0 Å². The van der Waals surface area contributed by atoms with Crippen LogP contribution >= 0.6 is 0 Å². The molecule has 0 radical (unpaired) electrons. The van der Waals surface area contributed by atoms with Crippen LogP contribution in [0.2, 0.25) is 0 Å². The van der Waals surface area contributed by atoms with Crippen molar-refractivity contribution in [2.75, 3.05) is 13.2 Å². The first-order valence-electron chi connectivity index (χ1n) is 11.3. The van der Waals surface area contributed by atoms with Crippen molar-refractivity contribution in [1.82, 2.24) is 21.3 Å². The summed E-state index contributed by atoms with van der Waals surface area (Å²) in [5.74, 6) is -6.34. The van der Waals surface area contributed by atoms with Crippen molar-refractivity contribution in [1.29, 1.82) is 0 Å². The van der Waals surface area contributed by atoms with Crippen molar-refractivity contribution in [3.63, 3.8) is 0 Å². The Morgan fingerprint density at radius 1 is 0.789 bits per heavy atom. The van der Waals surface area contributed by atoms with Crippen molar-refractivity contribution in [3.8, 4) is 5.75 Å². The fourth-order valence-electron chi connectivity index (χ4n) is 2.98. The number of carbonyl (C=O) groups is 6. The minimum atomic E-state index is -1.63. The predicted octanol–water partition coefficient (Wildman–Crippen LogP) is -4.83. The number of phenolic OH excluding ortho intramolecular Hbond substituents is 1. The van der Waals surface area contributed by atoms with Gasteiger partial charge >= 0.3 is 5.97 Å². The number of aliphatic hydroxyl groups excluding tert-OH is 2. The number of rotatable bonds is 15. The Kier molecular flexibility index (Phi) is 12.6. The first kappa shape index (κ1) is 31.7. The lowest BCUT2D eigenvalue weighted by Gasteiger charge is -2.24. The second-order valence-electron chi connectivity index (χ2n) is 8.26. The Balaban J connectivity index is 3.04. The van der Waals surface area contributed by atoms with Crippen LogP contribution in [0.3, 0.4) is 0 Å². The van der Waals surface area contributed by atoms with Gasteiger partial charge in [0.15, 0.2) is 0 Å². The van der Waals surface area contributed by atoms with Crippen LogP contribution in [-0.2, 0) is 35.2 Å². The third-order valence-corrected chi connectivity index (χ3v) is 5.13. The smallest absolute Gasteiger partial charge is 0.326 e. The second-order valence-corrected chi connectivity index (χ2v) is 8.26. The molecule has 16 nitrogen and oxygen atoms in total. The van der Waals surface area contributed by atoms with Crippen molar-refractivity contribution in [3.05, 3.63) is 29.8 Å². The number of hydrogen-bond acceptors (Lipinski definition) is 10. The van der Waals surface area contributed by atoms with Gasteiger partial charge in [-0.1, -0.05) is 12.1 Å². The van der Waals surface area contributed by atoms with Gasteiger partial charge in [0.2, 0.25) is 29.5 Å². The van der Waals surface area contributed by atoms with Crippen molar-refractivity contribution in [2.24, 2.45) is 11.5 Å². The van der Waals surface area contributed by atoms with E-state index in [4.69, 9.17) is 21.7 Å². The van der Waals surface area contributed by atoms with Gasteiger partial charge in [-0.15, -0.1) is 0 Å². The highest BCUT2D eigenvalue weighted by Gasteiger charge is 2.30. The molecule has 5 atom stereocenters. The molecule has 0 aliphatic rings. The molecule has 0 spiro atoms. The minimum Gasteiger partial charge on any atom is -0.508 e. The van der Waals surface area contributed by atoms with Crippen LogP contribution in [0.15, 0.2) is 24.3 Å². The quantitative estimate of drug-likeness (QED) is 0.101. The van der Waals surface area contributed by atoms with Crippen molar-refractivity contribution >= 4 is 35.5 Å². The van der Waals surface area contributed by atoms with E-state index in [9.17, 15) is 39.0 Å². The molecule has 5 amide bonds. The summed E-state index contributed by atoms with van der Waals surface area (Å²) in [5, 5.41) is 46.0. The summed E-state index contributed by atoms with van der Waals surface area (Å²) in [6.45, 7) is -0.374. The Labute approximate surface area is 216 Å². The molecule has 16 heteroatoms. The number of aliphatic hydroxyl groups is 2. The third-order valence-electron chi connectivity index (χ3n) is 5.13. The van der Waals surface area contributed by atoms with E-state index >= 15 is 0 Å². The van der Waals surface area contributed by atoms with Gasteiger partial charge < -0.3 is 53.2 Å². The summed E-state index contributed by atoms with van der Waals surface area (Å²) in [6, 6.07) is -1.65. The zero-order valence-electron chi connectivity index (χ0n) is 20.4. The highest BCUT2D eigenvalue weighted by atomic mass is 16.4. The molecular weight excluding hydrogens is 508 g/mol. The number of nitrogens with two attached hydrogens (primary N) is 2. The van der Waals surface area contributed by atoms with Crippen LogP contribution in [0, 0.1) is 0 Å². The number of nitrogens with one attached hydrogen (secondary N) is 4. The molecule has 0 aliphatic heterocycles. The molecule has 1 aromatic carbocycles. The number of aromatic hydroxyl groups is 1. The summed E-state index contributed by atoms with van der Waals surface area (Å²) in [6.07, 6.45) is -0.844. The van der Waals surface area contributed by atoms with Gasteiger partial charge in [0.25, 0.3) is 0 Å². The number of carboxylic acid groups (broad SMARTS) is 1. The molecule has 0 saturated carbocycles. The SMILES string of the molecule is C[C@H](NC(=O)[C@H](Cc1ccc(O)cc1)NC(=O)[C@H](CO)NC(=O)[C@@H](N)CO)C(=O)N[C@@H](CC(N)=O)C(=O)O. The monoisotopic (exact) mass is 540 g/mol. The van der Waals surface area contributed by atoms with Crippen LogP contribution in [-0.4, -0.2) is 99.4 Å². The zero-order chi connectivity index (χ0) is 29.0. The summed E-state index contributed by atoms with van der Waals surface area (Å²) in [5.41, 5.74) is 10.8. The van der Waals surface area contributed by atoms with Crippen molar-refractivity contribution in [2.45, 2.75) is 50.0 Å². The standard InChI is InChI=1S/C22H32N6O10/c1-10(18(33)27-15(22(37)38)7-17(24)32)25-20(35)14(6-11-2-4-12(31)5-3-11)26-21(36)16(9-30)28-19(34)13(23)8-29/h2-5,10,13-16,29-31H,6-9,23H2,1H3,(H2,24,32)(H,25,35)(H,26,36)(H,27,33)(H,28,34)(H,37,38)/t10-,13-,14-,15-,16-/m0/s1. The lowest BCUT2D eigenvalue weighted by Crippen LogP contribution is -2.59. The predicted molar refractivity (Wildman–Crippen MR) is 129 cm³/mol. The molecule has 1 rings (SSSR count). The van der Waals surface area contributed by atoms with E-state index in [1.54, 1.807) is 0 Å². The Morgan fingerprint density at radius 2 is 1.32 bits per heavy atom. The average Bonchev–Trinajstić information content (AvgIpc) is 2.86. The normalized spacial score (nSPS) is 14.6. The van der Waals surface area contributed by atoms with E-state index < -0.39 is 85.3 Å². The first-order chi connectivity index (χ1) is 17.8. The van der Waals surface area contributed by atoms with E-state index in [0.717, 1.165) is 0 Å². The van der Waals surface area contributed by atoms with E-state index in [1.165, 1.54) is 31.2 Å². The van der Waals surface area contributed by atoms with E-state index in [1.807, 2.05) is 0 Å². The van der Waals surface area contributed by atoms with Gasteiger partial charge in [-0.3, -0.25) is 24.0 Å². The summed E-state index contributed by atoms with van der Waals surface area (Å²) < 4.78 is 0. The van der Waals surface area contributed by atoms with Gasteiger partial charge in [0.1, 0.15) is 36.0 Å². The molecule has 0 unspecified atom stereocenters. The lowest BCUT2D eigenvalue weighted by molar-refractivity contribution is -0.143. The molecule has 0 aromatic heterocycles. The largest absolute Gasteiger partial charge is 0.508 e. The Bertz CT molecular complexity index is 1020. The Morgan fingerprint density at radius 3 is 1.82 bits per heavy atom. The molecule has 12 N–H and O–H groups in total. The maximum absolute atomic E-state index is 13.0. The van der Waals surface area contributed by atoms with Gasteiger partial charge in [0, 0.05) is 6.42 Å². The number of phenols is 1. The van der Waals surface area contributed by atoms with Gasteiger partial charge in [-0.25, -0.2) is 4.79 Å². The second kappa shape index (κ2) is 15.1. The van der Waals surface area contributed by atoms with Crippen LogP contribution < -0.4 is 32.7 Å². The summed E-state index contributed by atoms with van der Waals surface area (Å²) in [7, 11) is 0. The summed E-state index contributed by atoms with van der Waals surface area (Å²) in [4.78, 5) is 72.4. The lowest BCUT2D eigenvalue weighted by atomic mass is 10.0. The van der Waals surface area contributed by atoms with Crippen LogP contribution in [0.1, 0.15) is 18.9 Å². The number of amides is 5. The number of aliphatic carboxylic acids is 1. The zero-order valence-corrected chi connectivity index (χ0v) is 20.4. The van der Waals surface area contributed by atoms with Crippen LogP contribution in [0.5, 0.6) is 5.75 Å². The number of primary amides is 1. The fourth-order valence-corrected chi connectivity index (χ4v) is 2.98. The Hall–Kier alpha value is -4.28. The van der Waals surface area contributed by atoms with Gasteiger partial charge in [-0.05, 0) is 24.6 Å². The number of hydrogen-bond donors (Lipinski definition) is 10. The molecular formula is C22H32N6O10. The average molecular weight is 541 g/mol. The highest BCUT2D eigenvalue weighted by molar-refractivity contribution is 5.96. The van der Waals surface area contributed by atoms with E-state index in [-0.39, 0.29) is 12.2 Å². The molecule has 38 heavy (non-hydrogen) atoms. The molecule has 0 heterocycles. The van der Waals surface area contributed by atoms with Crippen LogP contribution in [0.25, 0.3) is 0 Å². The summed E-state index contributed by atoms with van der Waals surface area (Å²) >= 11 is 0. The first-order valence-corrected chi connectivity index (χ1v) is 11.3. The number of benzene rings is 1. The molecule has 0 aliphatic carbocycles. The van der Waals surface area contributed by atoms with E-state index in [0.29, 0.717) is 5.56 Å². The third kappa shape index (κ3) is 10.4. The molecule has 0 bridgehead atoms. The maximum atomic E-state index is 13.0. The van der Waals surface area contributed by atoms with E-state index in [2.05, 4.69) is 21.3 Å². The van der Waals surface area contributed by atoms with Gasteiger partial charge in [0.05, 0.1) is 19.6 Å². The van der Waals surface area contributed by atoms with Crippen molar-refractivity contribution < 1.29 is 49.2 Å². The highest BCUT2D eigenvalue weighted by Crippen LogP contribution is 2.12. The fraction of sp³-hybridized carbons (Fsp3) is 0.455. The molecule has 1 aromatic rings. The number of carboxylic acids is 1.